The molecular formula is C13H12F3N3O2S2. The van der Waals surface area contributed by atoms with E-state index in [4.69, 9.17) is 0 Å². The third-order valence-corrected chi connectivity index (χ3v) is 4.43. The summed E-state index contributed by atoms with van der Waals surface area (Å²) in [5, 5.41) is 4.35. The number of nitrogens with zero attached hydrogens (tertiary/aromatic N) is 1. The van der Waals surface area contributed by atoms with E-state index in [9.17, 15) is 22.8 Å². The van der Waals surface area contributed by atoms with Gasteiger partial charge >= 0.3 is 6.18 Å². The van der Waals surface area contributed by atoms with Gasteiger partial charge in [0.05, 0.1) is 5.75 Å². The van der Waals surface area contributed by atoms with Gasteiger partial charge in [0.15, 0.2) is 10.9 Å². The Morgan fingerprint density at radius 2 is 2.22 bits per heavy atom. The lowest BCUT2D eigenvalue weighted by molar-refractivity contribution is -0.141. The van der Waals surface area contributed by atoms with Crippen molar-refractivity contribution in [1.82, 2.24) is 15.3 Å². The average Bonchev–Trinajstić information content (AvgIpc) is 2.97. The number of thioether (sulfide) groups is 1. The number of carbonyl (C=O) groups is 1. The standard InChI is InChI=1S/C13H12F3N3O2S2/c14-13(15,16)9-6-10(20)19-12(18-9)23-7-11(21)17-4-3-8-2-1-5-22-8/h1-2,5-6H,3-4,7H2,(H,17,21)(H,18,19,20). The summed E-state index contributed by atoms with van der Waals surface area (Å²) in [4.78, 5) is 29.4. The quantitative estimate of drug-likeness (QED) is 0.610. The van der Waals surface area contributed by atoms with Crippen molar-refractivity contribution in [1.29, 1.82) is 0 Å². The van der Waals surface area contributed by atoms with Crippen LogP contribution in [0.1, 0.15) is 10.6 Å². The molecular weight excluding hydrogens is 351 g/mol. The molecule has 1 amide bonds. The van der Waals surface area contributed by atoms with Crippen LogP contribution >= 0.6 is 23.1 Å². The zero-order valence-corrected chi connectivity index (χ0v) is 13.3. The first-order valence-corrected chi connectivity index (χ1v) is 8.31. The van der Waals surface area contributed by atoms with Crippen LogP contribution in [-0.4, -0.2) is 28.2 Å². The molecule has 23 heavy (non-hydrogen) atoms. The summed E-state index contributed by atoms with van der Waals surface area (Å²) < 4.78 is 37.6. The fourth-order valence-corrected chi connectivity index (χ4v) is 3.03. The van der Waals surface area contributed by atoms with Gasteiger partial charge in [-0.15, -0.1) is 11.3 Å². The lowest BCUT2D eigenvalue weighted by Crippen LogP contribution is -2.27. The summed E-state index contributed by atoms with van der Waals surface area (Å²) in [6.45, 7) is 0.437. The number of nitrogens with one attached hydrogen (secondary N) is 2. The monoisotopic (exact) mass is 363 g/mol. The van der Waals surface area contributed by atoms with Crippen LogP contribution in [0.4, 0.5) is 13.2 Å². The van der Waals surface area contributed by atoms with E-state index in [0.717, 1.165) is 16.6 Å². The number of H-pyrrole nitrogens is 1. The Labute approximate surface area is 137 Å². The van der Waals surface area contributed by atoms with E-state index >= 15 is 0 Å². The van der Waals surface area contributed by atoms with Crippen molar-refractivity contribution < 1.29 is 18.0 Å². The maximum atomic E-state index is 12.5. The molecule has 0 aromatic carbocycles. The summed E-state index contributed by atoms with van der Waals surface area (Å²) >= 11 is 2.32. The molecule has 0 bridgehead atoms. The lowest BCUT2D eigenvalue weighted by atomic mass is 10.3. The molecule has 0 aliphatic heterocycles. The van der Waals surface area contributed by atoms with E-state index in [1.807, 2.05) is 17.5 Å². The number of halogens is 3. The van der Waals surface area contributed by atoms with Crippen molar-refractivity contribution in [2.24, 2.45) is 0 Å². The molecule has 0 spiro atoms. The number of carbonyl (C=O) groups excluding carboxylic acids is 1. The van der Waals surface area contributed by atoms with E-state index in [2.05, 4.69) is 15.3 Å². The molecule has 2 rings (SSSR count). The van der Waals surface area contributed by atoms with Crippen molar-refractivity contribution in [3.8, 4) is 0 Å². The summed E-state index contributed by atoms with van der Waals surface area (Å²) in [7, 11) is 0. The summed E-state index contributed by atoms with van der Waals surface area (Å²) in [6, 6.07) is 4.24. The minimum atomic E-state index is -4.70. The zero-order chi connectivity index (χ0) is 16.9. The second kappa shape index (κ2) is 7.64. The molecule has 0 saturated carbocycles. The van der Waals surface area contributed by atoms with Gasteiger partial charge in [0.25, 0.3) is 5.56 Å². The van der Waals surface area contributed by atoms with Crippen LogP contribution in [0, 0.1) is 0 Å². The van der Waals surface area contributed by atoms with E-state index < -0.39 is 17.4 Å². The molecule has 0 fully saturated rings. The van der Waals surface area contributed by atoms with Gasteiger partial charge in [0.2, 0.25) is 5.91 Å². The first-order valence-electron chi connectivity index (χ1n) is 6.45. The maximum Gasteiger partial charge on any atom is 0.433 e. The SMILES string of the molecule is O=C(CSc1nc(C(F)(F)F)cc(=O)[nH]1)NCCc1cccs1. The second-order valence-corrected chi connectivity index (χ2v) is 6.40. The number of aromatic amines is 1. The Morgan fingerprint density at radius 3 is 2.87 bits per heavy atom. The molecule has 0 saturated heterocycles. The summed E-state index contributed by atoms with van der Waals surface area (Å²) in [6.07, 6.45) is -4.01. The van der Waals surface area contributed by atoms with Crippen molar-refractivity contribution in [3.63, 3.8) is 0 Å². The summed E-state index contributed by atoms with van der Waals surface area (Å²) in [5.41, 5.74) is -2.19. The Morgan fingerprint density at radius 1 is 1.43 bits per heavy atom. The molecule has 124 valence electrons. The van der Waals surface area contributed by atoms with Crippen molar-refractivity contribution in [2.75, 3.05) is 12.3 Å². The predicted molar refractivity (Wildman–Crippen MR) is 81.6 cm³/mol. The van der Waals surface area contributed by atoms with Gasteiger partial charge in [-0.25, -0.2) is 4.98 Å². The maximum absolute atomic E-state index is 12.5. The molecule has 0 aliphatic rings. The van der Waals surface area contributed by atoms with Gasteiger partial charge in [-0.2, -0.15) is 13.2 Å². The third-order valence-electron chi connectivity index (χ3n) is 2.62. The largest absolute Gasteiger partial charge is 0.433 e. The van der Waals surface area contributed by atoms with Gasteiger partial charge in [-0.1, -0.05) is 17.8 Å². The highest BCUT2D eigenvalue weighted by Gasteiger charge is 2.33. The molecule has 0 aliphatic carbocycles. The summed E-state index contributed by atoms with van der Waals surface area (Å²) in [5.74, 6) is -0.471. The average molecular weight is 363 g/mol. The number of amides is 1. The highest BCUT2D eigenvalue weighted by Crippen LogP contribution is 2.27. The Hall–Kier alpha value is -1.81. The third kappa shape index (κ3) is 5.71. The minimum absolute atomic E-state index is 0.130. The number of thiophene rings is 1. The normalized spacial score (nSPS) is 11.4. The zero-order valence-electron chi connectivity index (χ0n) is 11.6. The number of alkyl halides is 3. The highest BCUT2D eigenvalue weighted by molar-refractivity contribution is 7.99. The van der Waals surface area contributed by atoms with E-state index in [1.54, 1.807) is 11.3 Å². The topological polar surface area (TPSA) is 74.8 Å². The van der Waals surface area contributed by atoms with Crippen LogP contribution in [0.3, 0.4) is 0 Å². The number of hydrogen-bond donors (Lipinski definition) is 2. The Bertz CT molecular complexity index is 714. The van der Waals surface area contributed by atoms with Crippen LogP contribution in [0.5, 0.6) is 0 Å². The van der Waals surface area contributed by atoms with Crippen molar-refractivity contribution in [2.45, 2.75) is 17.8 Å². The highest BCUT2D eigenvalue weighted by atomic mass is 32.2. The van der Waals surface area contributed by atoms with Gasteiger partial charge in [-0.05, 0) is 17.9 Å². The number of hydrogen-bond acceptors (Lipinski definition) is 5. The van der Waals surface area contributed by atoms with Crippen LogP contribution in [-0.2, 0) is 17.4 Å². The van der Waals surface area contributed by atoms with Crippen molar-refractivity contribution in [3.05, 3.63) is 44.5 Å². The van der Waals surface area contributed by atoms with E-state index in [-0.39, 0.29) is 16.8 Å². The molecule has 2 N–H and O–H groups in total. The second-order valence-electron chi connectivity index (χ2n) is 4.40. The first kappa shape index (κ1) is 17.5. The van der Waals surface area contributed by atoms with Crippen molar-refractivity contribution >= 4 is 29.0 Å². The molecule has 0 radical (unpaired) electrons. The molecule has 2 heterocycles. The molecule has 2 aromatic heterocycles. The lowest BCUT2D eigenvalue weighted by Gasteiger charge is -2.07. The van der Waals surface area contributed by atoms with Gasteiger partial charge in [0.1, 0.15) is 0 Å². The molecule has 0 unspecified atom stereocenters. The Balaban J connectivity index is 1.84. The minimum Gasteiger partial charge on any atom is -0.355 e. The van der Waals surface area contributed by atoms with Crippen LogP contribution in [0.25, 0.3) is 0 Å². The number of rotatable bonds is 6. The van der Waals surface area contributed by atoms with Crippen LogP contribution < -0.4 is 10.9 Å². The molecule has 10 heteroatoms. The fourth-order valence-electron chi connectivity index (χ4n) is 1.61. The molecule has 2 aromatic rings. The van der Waals surface area contributed by atoms with Crippen LogP contribution in [0.15, 0.2) is 33.5 Å². The number of aromatic nitrogens is 2. The molecule has 5 nitrogen and oxygen atoms in total. The Kier molecular flexibility index (Phi) is 5.83. The predicted octanol–water partition coefficient (Wildman–Crippen LogP) is 2.30. The smallest absolute Gasteiger partial charge is 0.355 e. The van der Waals surface area contributed by atoms with E-state index in [1.165, 1.54) is 0 Å². The van der Waals surface area contributed by atoms with Gasteiger partial charge in [-0.3, -0.25) is 9.59 Å². The fraction of sp³-hybridized carbons (Fsp3) is 0.308. The molecule has 0 atom stereocenters. The van der Waals surface area contributed by atoms with Crippen LogP contribution in [0.2, 0.25) is 0 Å². The van der Waals surface area contributed by atoms with E-state index in [0.29, 0.717) is 19.0 Å². The van der Waals surface area contributed by atoms with Gasteiger partial charge in [0, 0.05) is 17.5 Å². The first-order chi connectivity index (χ1) is 10.8. The van der Waals surface area contributed by atoms with Gasteiger partial charge < -0.3 is 10.3 Å².